The van der Waals surface area contributed by atoms with Crippen LogP contribution in [0.4, 0.5) is 0 Å². The second-order valence-corrected chi connectivity index (χ2v) is 9.33. The minimum absolute atomic E-state index is 0.365. The SMILES string of the molecule is CCCCC[CH2][Al]([CH2]CCCCC)[O]C(CCC)N(C)C. The molecule has 126 valence electrons. The van der Waals surface area contributed by atoms with Gasteiger partial charge in [-0.2, -0.15) is 0 Å². The van der Waals surface area contributed by atoms with Crippen LogP contribution in [0.3, 0.4) is 0 Å². The van der Waals surface area contributed by atoms with Crippen molar-refractivity contribution in [3.05, 3.63) is 0 Å². The molecule has 1 unspecified atom stereocenters. The summed E-state index contributed by atoms with van der Waals surface area (Å²) in [6.45, 7) is 6.85. The van der Waals surface area contributed by atoms with Crippen molar-refractivity contribution >= 4 is 14.5 Å². The zero-order valence-electron chi connectivity index (χ0n) is 15.5. The van der Waals surface area contributed by atoms with Crippen LogP contribution in [0.1, 0.15) is 85.0 Å². The molecule has 21 heavy (non-hydrogen) atoms. The molecule has 0 aromatic heterocycles. The molecule has 0 rings (SSSR count). The van der Waals surface area contributed by atoms with Gasteiger partial charge in [-0.1, -0.05) is 89.1 Å². The zero-order valence-corrected chi connectivity index (χ0v) is 16.7. The number of nitrogens with zero attached hydrogens (tertiary/aromatic N) is 1. The molecule has 0 N–H and O–H groups in total. The Kier molecular flexibility index (Phi) is 15.7. The maximum absolute atomic E-state index is 6.58. The molecular weight excluding hydrogens is 273 g/mol. The van der Waals surface area contributed by atoms with Crippen LogP contribution in [0.2, 0.25) is 10.6 Å². The summed E-state index contributed by atoms with van der Waals surface area (Å²) in [4.78, 5) is 2.28. The maximum atomic E-state index is 6.58. The van der Waals surface area contributed by atoms with E-state index in [-0.39, 0.29) is 0 Å². The quantitative estimate of drug-likeness (QED) is 0.214. The summed E-state index contributed by atoms with van der Waals surface area (Å²) in [5.74, 6) is 0. The third-order valence-corrected chi connectivity index (χ3v) is 7.02. The average molecular weight is 314 g/mol. The van der Waals surface area contributed by atoms with Gasteiger partial charge in [0.15, 0.2) is 0 Å². The molecule has 0 heterocycles. The second kappa shape index (κ2) is 15.4. The summed E-state index contributed by atoms with van der Waals surface area (Å²) < 4.78 is 6.58. The lowest BCUT2D eigenvalue weighted by Gasteiger charge is -2.28. The van der Waals surface area contributed by atoms with Crippen LogP contribution in [0, 0.1) is 0 Å². The van der Waals surface area contributed by atoms with E-state index in [0.717, 1.165) is 0 Å². The predicted octanol–water partition coefficient (Wildman–Crippen LogP) is 5.84. The van der Waals surface area contributed by atoms with Gasteiger partial charge < -0.3 is 3.79 Å². The largest absolute Gasteiger partial charge is 0.487 e. The lowest BCUT2D eigenvalue weighted by atomic mass is 10.2. The van der Waals surface area contributed by atoms with Crippen molar-refractivity contribution in [1.82, 2.24) is 4.90 Å². The van der Waals surface area contributed by atoms with Crippen LogP contribution in [-0.2, 0) is 3.79 Å². The third-order valence-electron chi connectivity index (χ3n) is 4.22. The summed E-state index contributed by atoms with van der Waals surface area (Å²) >= 11 is -1.01. The van der Waals surface area contributed by atoms with E-state index in [1.165, 1.54) is 74.8 Å². The van der Waals surface area contributed by atoms with Gasteiger partial charge in [-0.25, -0.2) is 0 Å². The normalized spacial score (nSPS) is 12.9. The Bertz CT molecular complexity index is 199. The Morgan fingerprint density at radius 3 is 1.67 bits per heavy atom. The molecule has 0 fully saturated rings. The highest BCUT2D eigenvalue weighted by atomic mass is 27.2. The highest BCUT2D eigenvalue weighted by Crippen LogP contribution is 2.18. The number of rotatable bonds is 15. The fourth-order valence-corrected chi connectivity index (χ4v) is 5.67. The van der Waals surface area contributed by atoms with Gasteiger partial charge in [0.05, 0.1) is 6.23 Å². The van der Waals surface area contributed by atoms with E-state index in [0.29, 0.717) is 6.23 Å². The van der Waals surface area contributed by atoms with E-state index in [4.69, 9.17) is 3.79 Å². The smallest absolute Gasteiger partial charge is 0.461 e. The van der Waals surface area contributed by atoms with Gasteiger partial charge >= 0.3 is 14.5 Å². The van der Waals surface area contributed by atoms with Crippen LogP contribution in [-0.4, -0.2) is 39.7 Å². The molecule has 0 aliphatic rings. The van der Waals surface area contributed by atoms with Gasteiger partial charge in [-0.05, 0) is 20.5 Å². The van der Waals surface area contributed by atoms with Crippen LogP contribution < -0.4 is 0 Å². The minimum atomic E-state index is -1.01. The van der Waals surface area contributed by atoms with Crippen LogP contribution in [0.15, 0.2) is 0 Å². The molecule has 0 saturated heterocycles. The van der Waals surface area contributed by atoms with Crippen LogP contribution in [0.5, 0.6) is 0 Å². The maximum Gasteiger partial charge on any atom is 0.461 e. The fraction of sp³-hybridized carbons (Fsp3) is 1.00. The summed E-state index contributed by atoms with van der Waals surface area (Å²) in [7, 11) is 4.33. The van der Waals surface area contributed by atoms with Gasteiger partial charge in [-0.15, -0.1) is 0 Å². The first-order valence-corrected chi connectivity index (χ1v) is 11.6. The standard InChI is InChI=1S/C6H14NO.2C6H13.Al/c1-4-5-6(8)7(2)3;2*1-3-5-6-4-2;/h6H,4-5H2,1-3H3;2*1,3-6H2,2H3;/q-1;;;+1. The Hall–Kier alpha value is 0.452. The first kappa shape index (κ1) is 21.5. The molecule has 0 aromatic rings. The Morgan fingerprint density at radius 2 is 1.29 bits per heavy atom. The fourth-order valence-electron chi connectivity index (χ4n) is 2.80. The first-order valence-electron chi connectivity index (χ1n) is 9.47. The molecule has 0 spiro atoms. The van der Waals surface area contributed by atoms with Crippen molar-refractivity contribution in [2.45, 2.75) is 102 Å². The van der Waals surface area contributed by atoms with Crippen molar-refractivity contribution < 1.29 is 3.79 Å². The highest BCUT2D eigenvalue weighted by Gasteiger charge is 2.24. The molecule has 0 bridgehead atoms. The Morgan fingerprint density at radius 1 is 0.762 bits per heavy atom. The lowest BCUT2D eigenvalue weighted by molar-refractivity contribution is 0.0527. The summed E-state index contributed by atoms with van der Waals surface area (Å²) in [6.07, 6.45) is 13.8. The number of hydrogen-bond acceptors (Lipinski definition) is 2. The van der Waals surface area contributed by atoms with Crippen molar-refractivity contribution in [1.29, 1.82) is 0 Å². The van der Waals surface area contributed by atoms with Gasteiger partial charge in [0.1, 0.15) is 0 Å². The van der Waals surface area contributed by atoms with E-state index >= 15 is 0 Å². The molecule has 0 aliphatic carbocycles. The summed E-state index contributed by atoms with van der Waals surface area (Å²) in [6, 6.07) is 0. The van der Waals surface area contributed by atoms with Crippen molar-refractivity contribution in [3.8, 4) is 0 Å². The van der Waals surface area contributed by atoms with E-state index in [9.17, 15) is 0 Å². The van der Waals surface area contributed by atoms with Crippen molar-refractivity contribution in [2.75, 3.05) is 14.1 Å². The van der Waals surface area contributed by atoms with Gasteiger partial charge in [0, 0.05) is 0 Å². The molecule has 1 atom stereocenters. The van der Waals surface area contributed by atoms with Gasteiger partial charge in [0.25, 0.3) is 0 Å². The zero-order chi connectivity index (χ0) is 15.9. The van der Waals surface area contributed by atoms with E-state index < -0.39 is 14.5 Å². The number of hydrogen-bond donors (Lipinski definition) is 0. The summed E-state index contributed by atoms with van der Waals surface area (Å²) in [5, 5.41) is 2.78. The predicted molar refractivity (Wildman–Crippen MR) is 97.1 cm³/mol. The third kappa shape index (κ3) is 12.7. The molecule has 0 saturated carbocycles. The molecular formula is C18H40AlNO. The van der Waals surface area contributed by atoms with E-state index in [1.54, 1.807) is 0 Å². The second-order valence-electron chi connectivity index (χ2n) is 6.66. The number of unbranched alkanes of at least 4 members (excludes halogenated alkanes) is 6. The molecule has 3 heteroatoms. The lowest BCUT2D eigenvalue weighted by Crippen LogP contribution is -2.36. The summed E-state index contributed by atoms with van der Waals surface area (Å²) in [5.41, 5.74) is 0. The van der Waals surface area contributed by atoms with Crippen molar-refractivity contribution in [2.24, 2.45) is 0 Å². The van der Waals surface area contributed by atoms with Gasteiger partial charge in [0.2, 0.25) is 0 Å². The highest BCUT2D eigenvalue weighted by molar-refractivity contribution is 6.51. The Balaban J connectivity index is 4.18. The molecule has 2 nitrogen and oxygen atoms in total. The molecule has 0 aliphatic heterocycles. The van der Waals surface area contributed by atoms with E-state index in [2.05, 4.69) is 39.8 Å². The molecule has 0 amide bonds. The van der Waals surface area contributed by atoms with Crippen LogP contribution >= 0.6 is 0 Å². The van der Waals surface area contributed by atoms with E-state index in [1.807, 2.05) is 0 Å². The Labute approximate surface area is 139 Å². The average Bonchev–Trinajstić information content (AvgIpc) is 2.46. The monoisotopic (exact) mass is 313 g/mol. The van der Waals surface area contributed by atoms with Crippen molar-refractivity contribution in [3.63, 3.8) is 0 Å². The topological polar surface area (TPSA) is 12.5 Å². The molecule has 0 radical (unpaired) electrons. The molecule has 0 aromatic carbocycles. The minimum Gasteiger partial charge on any atom is -0.487 e. The first-order chi connectivity index (χ1) is 10.2. The van der Waals surface area contributed by atoms with Gasteiger partial charge in [-0.3, -0.25) is 4.90 Å². The van der Waals surface area contributed by atoms with Crippen LogP contribution in [0.25, 0.3) is 0 Å².